The van der Waals surface area contributed by atoms with Crippen molar-refractivity contribution in [3.8, 4) is 11.3 Å². The third-order valence-electron chi connectivity index (χ3n) is 7.57. The van der Waals surface area contributed by atoms with Gasteiger partial charge in [0.15, 0.2) is 6.20 Å². The molecule has 0 N–H and O–H groups in total. The number of pyridine rings is 1. The second-order valence-corrected chi connectivity index (χ2v) is 15.4. The van der Waals surface area contributed by atoms with Crippen molar-refractivity contribution in [3.63, 3.8) is 0 Å². The van der Waals surface area contributed by atoms with Crippen LogP contribution >= 0.6 is 0 Å². The van der Waals surface area contributed by atoms with Crippen molar-refractivity contribution < 1.29 is 4.57 Å². The third-order valence-corrected chi connectivity index (χ3v) is 13.2. The van der Waals surface area contributed by atoms with Crippen LogP contribution in [0.4, 0.5) is 0 Å². The Morgan fingerprint density at radius 2 is 1.50 bits per heavy atom. The lowest BCUT2D eigenvalue weighted by atomic mass is 9.83. The number of hydrogen-bond donors (Lipinski definition) is 0. The van der Waals surface area contributed by atoms with E-state index in [0.29, 0.717) is 0 Å². The average Bonchev–Trinajstić information content (AvgIpc) is 2.71. The zero-order valence-electron chi connectivity index (χ0n) is 20.6. The van der Waals surface area contributed by atoms with Crippen LogP contribution in [0.5, 0.6) is 0 Å². The number of rotatable bonds is 5. The molecule has 0 aliphatic carbocycles. The van der Waals surface area contributed by atoms with Gasteiger partial charge in [-0.25, -0.2) is 4.57 Å². The Labute approximate surface area is 185 Å². The molecular weight excluding hydrogens is 378 g/mol. The molecule has 3 rings (SSSR count). The van der Waals surface area contributed by atoms with Gasteiger partial charge in [-0.15, -0.1) is 0 Å². The molecule has 0 saturated heterocycles. The van der Waals surface area contributed by atoms with Crippen molar-refractivity contribution in [2.24, 2.45) is 7.05 Å². The molecule has 0 aliphatic rings. The first kappa shape index (κ1) is 22.7. The zero-order valence-corrected chi connectivity index (χ0v) is 21.6. The van der Waals surface area contributed by atoms with Gasteiger partial charge < -0.3 is 0 Å². The minimum Gasteiger partial charge on any atom is -0.200 e. The van der Waals surface area contributed by atoms with Crippen molar-refractivity contribution in [2.75, 3.05) is 0 Å². The van der Waals surface area contributed by atoms with Gasteiger partial charge in [-0.3, -0.25) is 0 Å². The minimum atomic E-state index is -1.38. The van der Waals surface area contributed by atoms with Crippen molar-refractivity contribution in [3.05, 3.63) is 59.3 Å². The molecule has 2 aromatic carbocycles. The Balaban J connectivity index is 2.31. The van der Waals surface area contributed by atoms with Gasteiger partial charge in [-0.05, 0) is 53.5 Å². The highest BCUT2D eigenvalue weighted by molar-refractivity contribution is 6.91. The molecule has 0 bridgehead atoms. The summed E-state index contributed by atoms with van der Waals surface area (Å²) in [6.07, 6.45) is 2.24. The van der Waals surface area contributed by atoms with Crippen LogP contribution in [-0.2, 0) is 12.5 Å². The number of benzene rings is 2. The van der Waals surface area contributed by atoms with Crippen LogP contribution in [0.2, 0.25) is 18.1 Å². The SMILES string of the molecule is CC[Si](CC)(CC)c1ccc2c(-c3cc(C(C)(C)C)cc(C)c3C)[n+](C)ccc2c1. The van der Waals surface area contributed by atoms with E-state index in [9.17, 15) is 0 Å². The molecule has 1 heterocycles. The van der Waals surface area contributed by atoms with E-state index in [4.69, 9.17) is 0 Å². The van der Waals surface area contributed by atoms with Gasteiger partial charge in [0, 0.05) is 6.07 Å². The van der Waals surface area contributed by atoms with E-state index in [1.807, 2.05) is 0 Å². The standard InChI is InChI=1S/C28H40NSi/c1-10-30(11-2,12-3)24-13-14-25-22(18-24)15-16-29(9)27(25)26-19-23(28(6,7)8)17-20(4)21(26)5/h13-19H,10-12H2,1-9H3/q+1. The highest BCUT2D eigenvalue weighted by Gasteiger charge is 2.30. The molecule has 0 amide bonds. The summed E-state index contributed by atoms with van der Waals surface area (Å²) in [5.41, 5.74) is 7.00. The summed E-state index contributed by atoms with van der Waals surface area (Å²) in [6, 6.07) is 18.4. The first-order valence-corrected chi connectivity index (χ1v) is 14.2. The maximum atomic E-state index is 2.51. The van der Waals surface area contributed by atoms with Crippen LogP contribution in [0.25, 0.3) is 22.0 Å². The number of hydrogen-bond acceptors (Lipinski definition) is 0. The number of aryl methyl sites for hydroxylation is 2. The van der Waals surface area contributed by atoms with Gasteiger partial charge in [0.1, 0.15) is 7.05 Å². The van der Waals surface area contributed by atoms with Gasteiger partial charge in [0.25, 0.3) is 0 Å². The van der Waals surface area contributed by atoms with Crippen LogP contribution in [0.3, 0.4) is 0 Å². The number of aromatic nitrogens is 1. The van der Waals surface area contributed by atoms with Crippen LogP contribution < -0.4 is 9.75 Å². The summed E-state index contributed by atoms with van der Waals surface area (Å²) in [6.45, 7) is 18.6. The largest absolute Gasteiger partial charge is 0.220 e. The summed E-state index contributed by atoms with van der Waals surface area (Å²) < 4.78 is 2.31. The number of fused-ring (bicyclic) bond motifs is 1. The maximum Gasteiger partial charge on any atom is 0.220 e. The second kappa shape index (κ2) is 8.30. The molecule has 0 atom stereocenters. The molecule has 3 aromatic rings. The lowest BCUT2D eigenvalue weighted by molar-refractivity contribution is -0.659. The normalized spacial score (nSPS) is 12.6. The Bertz CT molecular complexity index is 1060. The fraction of sp³-hybridized carbons (Fsp3) is 0.464. The molecule has 30 heavy (non-hydrogen) atoms. The zero-order chi connectivity index (χ0) is 22.3. The van der Waals surface area contributed by atoms with Crippen LogP contribution in [0.15, 0.2) is 42.6 Å². The van der Waals surface area contributed by atoms with Gasteiger partial charge in [0.05, 0.1) is 19.0 Å². The molecule has 0 unspecified atom stereocenters. The average molecular weight is 419 g/mol. The van der Waals surface area contributed by atoms with E-state index in [1.165, 1.54) is 56.9 Å². The Morgan fingerprint density at radius 1 is 0.867 bits per heavy atom. The van der Waals surface area contributed by atoms with E-state index >= 15 is 0 Å². The van der Waals surface area contributed by atoms with Crippen molar-refractivity contribution in [2.45, 2.75) is 78.9 Å². The summed E-state index contributed by atoms with van der Waals surface area (Å²) in [4.78, 5) is 0. The minimum absolute atomic E-state index is 0.137. The fourth-order valence-corrected chi connectivity index (χ4v) is 8.56. The Hall–Kier alpha value is -1.93. The van der Waals surface area contributed by atoms with Crippen LogP contribution in [0.1, 0.15) is 58.2 Å². The maximum absolute atomic E-state index is 2.51. The van der Waals surface area contributed by atoms with Crippen molar-refractivity contribution >= 4 is 24.0 Å². The molecule has 0 saturated carbocycles. The topological polar surface area (TPSA) is 3.88 Å². The second-order valence-electron chi connectivity index (χ2n) is 10.1. The first-order valence-electron chi connectivity index (χ1n) is 11.6. The van der Waals surface area contributed by atoms with E-state index in [-0.39, 0.29) is 5.41 Å². The molecule has 0 fully saturated rings. The Kier molecular flexibility index (Phi) is 6.29. The Morgan fingerprint density at radius 3 is 2.07 bits per heavy atom. The van der Waals surface area contributed by atoms with Crippen molar-refractivity contribution in [1.82, 2.24) is 0 Å². The highest BCUT2D eigenvalue weighted by atomic mass is 28.3. The van der Waals surface area contributed by atoms with E-state index < -0.39 is 8.07 Å². The van der Waals surface area contributed by atoms with E-state index in [0.717, 1.165) is 0 Å². The summed E-state index contributed by atoms with van der Waals surface area (Å²) >= 11 is 0. The fourth-order valence-electron chi connectivity index (χ4n) is 4.94. The van der Waals surface area contributed by atoms with E-state index in [1.54, 1.807) is 5.19 Å². The first-order chi connectivity index (χ1) is 14.1. The summed E-state index contributed by atoms with van der Waals surface area (Å²) in [5.74, 6) is 0. The van der Waals surface area contributed by atoms with Gasteiger partial charge in [0.2, 0.25) is 5.69 Å². The lowest BCUT2D eigenvalue weighted by Gasteiger charge is -2.29. The van der Waals surface area contributed by atoms with Gasteiger partial charge >= 0.3 is 0 Å². The predicted octanol–water partition coefficient (Wildman–Crippen LogP) is 6.96. The lowest BCUT2D eigenvalue weighted by Crippen LogP contribution is -2.45. The smallest absolute Gasteiger partial charge is 0.200 e. The molecular formula is C28H40NSi+. The number of nitrogens with zero attached hydrogens (tertiary/aromatic N) is 1. The van der Waals surface area contributed by atoms with Crippen LogP contribution in [-0.4, -0.2) is 8.07 Å². The third kappa shape index (κ3) is 3.87. The van der Waals surface area contributed by atoms with E-state index in [2.05, 4.69) is 110 Å². The molecule has 0 spiro atoms. The van der Waals surface area contributed by atoms with Crippen molar-refractivity contribution in [1.29, 1.82) is 0 Å². The molecule has 1 nitrogen and oxygen atoms in total. The molecule has 0 aliphatic heterocycles. The molecule has 0 radical (unpaired) electrons. The van der Waals surface area contributed by atoms with Crippen LogP contribution in [0, 0.1) is 13.8 Å². The summed E-state index contributed by atoms with van der Waals surface area (Å²) in [7, 11) is 0.803. The monoisotopic (exact) mass is 418 g/mol. The quantitative estimate of drug-likeness (QED) is 0.311. The van der Waals surface area contributed by atoms with Gasteiger partial charge in [-0.1, -0.05) is 83.1 Å². The molecule has 160 valence electrons. The molecule has 2 heteroatoms. The molecule has 1 aromatic heterocycles. The summed E-state index contributed by atoms with van der Waals surface area (Å²) in [5, 5.41) is 4.37. The predicted molar refractivity (Wildman–Crippen MR) is 136 cm³/mol. The van der Waals surface area contributed by atoms with Gasteiger partial charge in [-0.2, -0.15) is 0 Å². The highest BCUT2D eigenvalue weighted by Crippen LogP contribution is 2.34.